The van der Waals surface area contributed by atoms with Gasteiger partial charge in [0.05, 0.1) is 16.7 Å². The molecule has 0 atom stereocenters. The summed E-state index contributed by atoms with van der Waals surface area (Å²) in [6.45, 7) is 11.2. The number of imidazole rings is 1. The van der Waals surface area contributed by atoms with E-state index in [0.717, 1.165) is 44.3 Å². The van der Waals surface area contributed by atoms with Gasteiger partial charge in [-0.25, -0.2) is 9.97 Å². The number of pyridine rings is 1. The van der Waals surface area contributed by atoms with Gasteiger partial charge in [-0.2, -0.15) is 0 Å². The quantitative estimate of drug-likeness (QED) is 0.265. The molecule has 0 unspecified atom stereocenters. The minimum atomic E-state index is 0.378. The molecule has 6 aromatic rings. The molecule has 4 nitrogen and oxygen atoms in total. The third-order valence-corrected chi connectivity index (χ3v) is 6.96. The molecule has 0 aliphatic heterocycles. The van der Waals surface area contributed by atoms with Crippen LogP contribution in [-0.2, 0) is 0 Å². The van der Waals surface area contributed by atoms with Gasteiger partial charge < -0.3 is 4.42 Å². The molecule has 0 bridgehead atoms. The molecule has 0 saturated heterocycles. The van der Waals surface area contributed by atoms with Crippen LogP contribution in [0.2, 0.25) is 0 Å². The van der Waals surface area contributed by atoms with Gasteiger partial charge in [-0.15, -0.1) is 0 Å². The number of nitrogens with zero attached hydrogens (tertiary/aromatic N) is 3. The summed E-state index contributed by atoms with van der Waals surface area (Å²) in [7, 11) is 0. The molecular formula is C31H29N3O. The lowest BCUT2D eigenvalue weighted by molar-refractivity contribution is 0.654. The molecule has 0 aliphatic rings. The van der Waals surface area contributed by atoms with Crippen LogP contribution in [0, 0.1) is 6.92 Å². The summed E-state index contributed by atoms with van der Waals surface area (Å²) in [6.07, 6.45) is 1.77. The van der Waals surface area contributed by atoms with E-state index in [1.54, 1.807) is 6.20 Å². The van der Waals surface area contributed by atoms with Crippen LogP contribution in [0.15, 0.2) is 77.3 Å². The van der Waals surface area contributed by atoms with E-state index in [0.29, 0.717) is 17.5 Å². The van der Waals surface area contributed by atoms with Crippen molar-refractivity contribution in [1.82, 2.24) is 14.5 Å². The molecule has 0 radical (unpaired) electrons. The summed E-state index contributed by atoms with van der Waals surface area (Å²) in [6, 6.07) is 23.5. The SMILES string of the molecule is Cc1cc2c(cc1-c1nc3ccccc3n1-c1c(C(C)C)cccc1C(C)C)oc1ncccc12. The van der Waals surface area contributed by atoms with Crippen LogP contribution in [0.1, 0.15) is 56.2 Å². The van der Waals surface area contributed by atoms with Crippen LogP contribution < -0.4 is 0 Å². The highest BCUT2D eigenvalue weighted by Gasteiger charge is 2.23. The van der Waals surface area contributed by atoms with Gasteiger partial charge >= 0.3 is 0 Å². The first-order valence-corrected chi connectivity index (χ1v) is 12.3. The van der Waals surface area contributed by atoms with E-state index in [1.165, 1.54) is 16.8 Å². The summed E-state index contributed by atoms with van der Waals surface area (Å²) in [5.74, 6) is 1.69. The van der Waals surface area contributed by atoms with Gasteiger partial charge in [-0.05, 0) is 71.8 Å². The first kappa shape index (κ1) is 21.6. The van der Waals surface area contributed by atoms with Crippen molar-refractivity contribution in [2.75, 3.05) is 0 Å². The Kier molecular flexibility index (Phi) is 4.99. The molecule has 3 heterocycles. The fourth-order valence-electron chi connectivity index (χ4n) is 5.21. The van der Waals surface area contributed by atoms with Crippen molar-refractivity contribution in [3.05, 3.63) is 89.6 Å². The van der Waals surface area contributed by atoms with Gasteiger partial charge in [0, 0.05) is 22.5 Å². The van der Waals surface area contributed by atoms with E-state index in [2.05, 4.69) is 105 Å². The molecule has 0 N–H and O–H groups in total. The summed E-state index contributed by atoms with van der Waals surface area (Å²) in [5.41, 5.74) is 9.73. The number of fused-ring (bicyclic) bond motifs is 4. The van der Waals surface area contributed by atoms with Crippen LogP contribution >= 0.6 is 0 Å². The molecule has 4 heteroatoms. The van der Waals surface area contributed by atoms with Crippen molar-refractivity contribution in [1.29, 1.82) is 0 Å². The Hall–Kier alpha value is -3.92. The molecule has 0 aliphatic carbocycles. The molecule has 6 rings (SSSR count). The van der Waals surface area contributed by atoms with Crippen molar-refractivity contribution in [3.8, 4) is 17.1 Å². The standard InChI is InChI=1S/C31H29N3O/c1-18(2)21-10-8-11-22(19(3)4)29(21)34-27-14-7-6-13-26(27)33-30(34)24-17-28-25(16-20(24)5)23-12-9-15-32-31(23)35-28/h6-19H,1-5H3. The predicted molar refractivity (Wildman–Crippen MR) is 144 cm³/mol. The largest absolute Gasteiger partial charge is 0.438 e. The zero-order chi connectivity index (χ0) is 24.3. The van der Waals surface area contributed by atoms with Crippen LogP contribution in [0.5, 0.6) is 0 Å². The highest BCUT2D eigenvalue weighted by molar-refractivity contribution is 6.05. The maximum atomic E-state index is 6.17. The van der Waals surface area contributed by atoms with E-state index in [4.69, 9.17) is 9.40 Å². The monoisotopic (exact) mass is 459 g/mol. The Morgan fingerprint density at radius 1 is 0.800 bits per heavy atom. The number of benzene rings is 3. The zero-order valence-electron chi connectivity index (χ0n) is 20.8. The Bertz CT molecular complexity index is 1690. The fourth-order valence-corrected chi connectivity index (χ4v) is 5.21. The second-order valence-corrected chi connectivity index (χ2v) is 9.98. The van der Waals surface area contributed by atoms with Gasteiger partial charge in [0.15, 0.2) is 0 Å². The zero-order valence-corrected chi connectivity index (χ0v) is 20.8. The predicted octanol–water partition coefficient (Wildman–Crippen LogP) is 8.54. The van der Waals surface area contributed by atoms with Crippen molar-refractivity contribution in [2.45, 2.75) is 46.5 Å². The lowest BCUT2D eigenvalue weighted by Crippen LogP contribution is -2.08. The molecule has 0 amide bonds. The minimum Gasteiger partial charge on any atom is -0.438 e. The average molecular weight is 460 g/mol. The Labute approximate surface area is 205 Å². The van der Waals surface area contributed by atoms with Gasteiger partial charge in [0.2, 0.25) is 5.71 Å². The van der Waals surface area contributed by atoms with Crippen LogP contribution in [0.25, 0.3) is 50.2 Å². The Morgan fingerprint density at radius 3 is 2.29 bits per heavy atom. The van der Waals surface area contributed by atoms with E-state index in [-0.39, 0.29) is 0 Å². The topological polar surface area (TPSA) is 43.9 Å². The molecule has 174 valence electrons. The van der Waals surface area contributed by atoms with Crippen molar-refractivity contribution < 1.29 is 4.42 Å². The van der Waals surface area contributed by atoms with E-state index in [1.807, 2.05) is 6.07 Å². The minimum absolute atomic E-state index is 0.378. The maximum absolute atomic E-state index is 6.17. The number of hydrogen-bond donors (Lipinski definition) is 0. The molecule has 0 fully saturated rings. The van der Waals surface area contributed by atoms with E-state index >= 15 is 0 Å². The number of furan rings is 1. The van der Waals surface area contributed by atoms with Crippen molar-refractivity contribution >= 4 is 33.1 Å². The molecule has 35 heavy (non-hydrogen) atoms. The third-order valence-electron chi connectivity index (χ3n) is 6.96. The van der Waals surface area contributed by atoms with Crippen molar-refractivity contribution in [3.63, 3.8) is 0 Å². The summed E-state index contributed by atoms with van der Waals surface area (Å²) in [5, 5.41) is 2.13. The normalized spacial score (nSPS) is 12.1. The molecular weight excluding hydrogens is 430 g/mol. The molecule has 0 spiro atoms. The summed E-state index contributed by atoms with van der Waals surface area (Å²) in [4.78, 5) is 9.61. The second kappa shape index (κ2) is 8.09. The van der Waals surface area contributed by atoms with E-state index in [9.17, 15) is 0 Å². The maximum Gasteiger partial charge on any atom is 0.227 e. The van der Waals surface area contributed by atoms with Gasteiger partial charge in [-0.1, -0.05) is 58.0 Å². The van der Waals surface area contributed by atoms with Gasteiger partial charge in [-0.3, -0.25) is 4.57 Å². The van der Waals surface area contributed by atoms with Crippen molar-refractivity contribution in [2.24, 2.45) is 0 Å². The Morgan fingerprint density at radius 2 is 1.54 bits per heavy atom. The highest BCUT2D eigenvalue weighted by Crippen LogP contribution is 2.39. The van der Waals surface area contributed by atoms with Crippen LogP contribution in [-0.4, -0.2) is 14.5 Å². The van der Waals surface area contributed by atoms with Gasteiger partial charge in [0.1, 0.15) is 11.4 Å². The number of aromatic nitrogens is 3. The number of aryl methyl sites for hydroxylation is 1. The first-order valence-electron chi connectivity index (χ1n) is 12.3. The number of rotatable bonds is 4. The fraction of sp³-hybridized carbons (Fsp3) is 0.226. The Balaban J connectivity index is 1.72. The van der Waals surface area contributed by atoms with Gasteiger partial charge in [0.25, 0.3) is 0 Å². The molecule has 3 aromatic heterocycles. The lowest BCUT2D eigenvalue weighted by Gasteiger charge is -2.23. The number of hydrogen-bond acceptors (Lipinski definition) is 3. The smallest absolute Gasteiger partial charge is 0.227 e. The molecule has 0 saturated carbocycles. The second-order valence-electron chi connectivity index (χ2n) is 9.98. The first-order chi connectivity index (χ1) is 16.9. The summed E-state index contributed by atoms with van der Waals surface area (Å²) >= 11 is 0. The van der Waals surface area contributed by atoms with E-state index < -0.39 is 0 Å². The summed E-state index contributed by atoms with van der Waals surface area (Å²) < 4.78 is 8.54. The van der Waals surface area contributed by atoms with Crippen LogP contribution in [0.4, 0.5) is 0 Å². The average Bonchev–Trinajstić information content (AvgIpc) is 3.40. The number of para-hydroxylation sites is 3. The molecule has 3 aromatic carbocycles. The highest BCUT2D eigenvalue weighted by atomic mass is 16.3. The van der Waals surface area contributed by atoms with Crippen LogP contribution in [0.3, 0.4) is 0 Å². The lowest BCUT2D eigenvalue weighted by atomic mass is 9.92. The third kappa shape index (κ3) is 3.35.